The Bertz CT molecular complexity index is 347. The van der Waals surface area contributed by atoms with Crippen LogP contribution in [0.1, 0.15) is 18.4 Å². The zero-order valence-electron chi connectivity index (χ0n) is 11.4. The molecule has 0 aromatic carbocycles. The largest absolute Gasteiger partial charge is 0.381 e. The molecule has 0 saturated carbocycles. The van der Waals surface area contributed by atoms with Crippen LogP contribution in [0.2, 0.25) is 0 Å². The van der Waals surface area contributed by atoms with Gasteiger partial charge >= 0.3 is 0 Å². The van der Waals surface area contributed by atoms with Crippen LogP contribution in [0.25, 0.3) is 0 Å². The average Bonchev–Trinajstić information content (AvgIpc) is 2.76. The molecule has 0 atom stereocenters. The first-order chi connectivity index (χ1) is 8.74. The van der Waals surface area contributed by atoms with Gasteiger partial charge in [-0.3, -0.25) is 4.68 Å². The zero-order chi connectivity index (χ0) is 12.8. The summed E-state index contributed by atoms with van der Waals surface area (Å²) in [5, 5.41) is 7.78. The third kappa shape index (κ3) is 4.40. The summed E-state index contributed by atoms with van der Waals surface area (Å²) in [7, 11) is 4.11. The molecular weight excluding hydrogens is 228 g/mol. The van der Waals surface area contributed by atoms with Gasteiger partial charge in [-0.2, -0.15) is 5.10 Å². The van der Waals surface area contributed by atoms with Crippen molar-refractivity contribution < 1.29 is 4.74 Å². The molecule has 0 spiro atoms. The van der Waals surface area contributed by atoms with Crippen LogP contribution < -0.4 is 5.32 Å². The van der Waals surface area contributed by atoms with Crippen molar-refractivity contribution in [2.45, 2.75) is 25.4 Å². The van der Waals surface area contributed by atoms with Gasteiger partial charge in [0.15, 0.2) is 0 Å². The summed E-state index contributed by atoms with van der Waals surface area (Å²) in [6.07, 6.45) is 6.30. The molecule has 2 rings (SSSR count). The van der Waals surface area contributed by atoms with Crippen molar-refractivity contribution >= 4 is 0 Å². The molecule has 1 aromatic rings. The van der Waals surface area contributed by atoms with Gasteiger partial charge in [0.05, 0.1) is 6.20 Å². The number of nitrogens with zero attached hydrogens (tertiary/aromatic N) is 3. The predicted molar refractivity (Wildman–Crippen MR) is 71.4 cm³/mol. The summed E-state index contributed by atoms with van der Waals surface area (Å²) in [5.41, 5.74) is 1.27. The minimum absolute atomic E-state index is 0.644. The molecule has 102 valence electrons. The first-order valence-corrected chi connectivity index (χ1v) is 6.71. The monoisotopic (exact) mass is 252 g/mol. The maximum absolute atomic E-state index is 5.35. The minimum atomic E-state index is 0.644. The fraction of sp³-hybridized carbons (Fsp3) is 0.769. The van der Waals surface area contributed by atoms with E-state index >= 15 is 0 Å². The number of ether oxygens (including phenoxy) is 1. The van der Waals surface area contributed by atoms with E-state index in [2.05, 4.69) is 28.6 Å². The molecule has 0 radical (unpaired) electrons. The molecule has 1 aliphatic heterocycles. The average molecular weight is 252 g/mol. The molecular formula is C13H24N4O. The molecule has 1 N–H and O–H groups in total. The Balaban J connectivity index is 1.60. The van der Waals surface area contributed by atoms with E-state index in [1.165, 1.54) is 5.56 Å². The molecule has 0 aliphatic carbocycles. The standard InChI is InChI=1S/C13H24N4O/c1-16(10-12-9-15-17(2)11-12)6-5-14-13-3-7-18-8-4-13/h9,11,13-14H,3-8,10H2,1-2H3. The second kappa shape index (κ2) is 6.87. The second-order valence-corrected chi connectivity index (χ2v) is 5.10. The molecule has 5 nitrogen and oxygen atoms in total. The van der Waals surface area contributed by atoms with Gasteiger partial charge in [-0.25, -0.2) is 0 Å². The molecule has 1 aliphatic rings. The van der Waals surface area contributed by atoms with Gasteiger partial charge in [-0.05, 0) is 19.9 Å². The lowest BCUT2D eigenvalue weighted by Crippen LogP contribution is -2.39. The predicted octanol–water partition coefficient (Wildman–Crippen LogP) is 0.620. The van der Waals surface area contributed by atoms with Gasteiger partial charge in [0.25, 0.3) is 0 Å². The van der Waals surface area contributed by atoms with E-state index in [0.717, 1.165) is 45.7 Å². The summed E-state index contributed by atoms with van der Waals surface area (Å²) >= 11 is 0. The lowest BCUT2D eigenvalue weighted by molar-refractivity contribution is 0.0774. The smallest absolute Gasteiger partial charge is 0.0534 e. The fourth-order valence-corrected chi connectivity index (χ4v) is 2.31. The summed E-state index contributed by atoms with van der Waals surface area (Å²) in [6.45, 7) is 4.88. The van der Waals surface area contributed by atoms with Crippen molar-refractivity contribution in [3.63, 3.8) is 0 Å². The maximum Gasteiger partial charge on any atom is 0.0534 e. The molecule has 1 aromatic heterocycles. The topological polar surface area (TPSA) is 42.3 Å². The summed E-state index contributed by atoms with van der Waals surface area (Å²) in [4.78, 5) is 2.32. The van der Waals surface area contributed by atoms with Crippen LogP contribution in [-0.4, -0.2) is 54.1 Å². The lowest BCUT2D eigenvalue weighted by Gasteiger charge is -2.24. The quantitative estimate of drug-likeness (QED) is 0.806. The molecule has 0 bridgehead atoms. The molecule has 1 saturated heterocycles. The highest BCUT2D eigenvalue weighted by atomic mass is 16.5. The van der Waals surface area contributed by atoms with Crippen LogP contribution >= 0.6 is 0 Å². The van der Waals surface area contributed by atoms with Gasteiger partial charge < -0.3 is 15.0 Å². The van der Waals surface area contributed by atoms with Crippen LogP contribution in [0, 0.1) is 0 Å². The number of hydrogen-bond acceptors (Lipinski definition) is 4. The second-order valence-electron chi connectivity index (χ2n) is 5.10. The Morgan fingerprint density at radius 1 is 1.50 bits per heavy atom. The number of nitrogens with one attached hydrogen (secondary N) is 1. The van der Waals surface area contributed by atoms with Crippen molar-refractivity contribution in [1.82, 2.24) is 20.0 Å². The van der Waals surface area contributed by atoms with E-state index in [1.54, 1.807) is 0 Å². The van der Waals surface area contributed by atoms with Gasteiger partial charge in [0.2, 0.25) is 0 Å². The van der Waals surface area contributed by atoms with Gasteiger partial charge in [-0.15, -0.1) is 0 Å². The number of aryl methyl sites for hydroxylation is 1. The van der Waals surface area contributed by atoms with Crippen molar-refractivity contribution in [1.29, 1.82) is 0 Å². The molecule has 5 heteroatoms. The molecule has 0 amide bonds. The molecule has 0 unspecified atom stereocenters. The van der Waals surface area contributed by atoms with Gasteiger partial charge in [0.1, 0.15) is 0 Å². The van der Waals surface area contributed by atoms with Gasteiger partial charge in [-0.1, -0.05) is 0 Å². The van der Waals surface area contributed by atoms with Crippen molar-refractivity contribution in [2.24, 2.45) is 7.05 Å². The first-order valence-electron chi connectivity index (χ1n) is 6.71. The maximum atomic E-state index is 5.35. The van der Waals surface area contributed by atoms with Crippen LogP contribution in [0.15, 0.2) is 12.4 Å². The Kier molecular flexibility index (Phi) is 5.16. The highest BCUT2D eigenvalue weighted by molar-refractivity contribution is 5.02. The van der Waals surface area contributed by atoms with Crippen molar-refractivity contribution in [3.05, 3.63) is 18.0 Å². The Labute approximate surface area is 109 Å². The number of rotatable bonds is 6. The van der Waals surface area contributed by atoms with Crippen LogP contribution in [0.4, 0.5) is 0 Å². The van der Waals surface area contributed by atoms with E-state index in [1.807, 2.05) is 17.9 Å². The first kappa shape index (κ1) is 13.5. The molecule has 1 fully saturated rings. The highest BCUT2D eigenvalue weighted by Gasteiger charge is 2.12. The normalized spacial score (nSPS) is 17.5. The third-order valence-electron chi connectivity index (χ3n) is 3.36. The summed E-state index contributed by atoms with van der Waals surface area (Å²) in [5.74, 6) is 0. The highest BCUT2D eigenvalue weighted by Crippen LogP contribution is 2.06. The lowest BCUT2D eigenvalue weighted by atomic mass is 10.1. The van der Waals surface area contributed by atoms with Crippen molar-refractivity contribution in [2.75, 3.05) is 33.4 Å². The van der Waals surface area contributed by atoms with Crippen LogP contribution in [0.5, 0.6) is 0 Å². The Morgan fingerprint density at radius 2 is 2.28 bits per heavy atom. The van der Waals surface area contributed by atoms with E-state index in [0.29, 0.717) is 6.04 Å². The number of aromatic nitrogens is 2. The van der Waals surface area contributed by atoms with E-state index < -0.39 is 0 Å². The van der Waals surface area contributed by atoms with E-state index in [9.17, 15) is 0 Å². The Hall–Kier alpha value is -0.910. The van der Waals surface area contributed by atoms with Crippen LogP contribution in [0.3, 0.4) is 0 Å². The summed E-state index contributed by atoms with van der Waals surface area (Å²) < 4.78 is 7.20. The van der Waals surface area contributed by atoms with Crippen LogP contribution in [-0.2, 0) is 18.3 Å². The third-order valence-corrected chi connectivity index (χ3v) is 3.36. The van der Waals surface area contributed by atoms with Crippen molar-refractivity contribution in [3.8, 4) is 0 Å². The van der Waals surface area contributed by atoms with Gasteiger partial charge in [0, 0.05) is 57.7 Å². The SMILES string of the molecule is CN(CCNC1CCOCC1)Cc1cnn(C)c1. The minimum Gasteiger partial charge on any atom is -0.381 e. The fourth-order valence-electron chi connectivity index (χ4n) is 2.31. The Morgan fingerprint density at radius 3 is 2.94 bits per heavy atom. The van der Waals surface area contributed by atoms with E-state index in [4.69, 9.17) is 4.74 Å². The summed E-state index contributed by atoms with van der Waals surface area (Å²) in [6, 6.07) is 0.644. The molecule has 2 heterocycles. The number of likely N-dealkylation sites (N-methyl/N-ethyl adjacent to an activating group) is 1. The molecule has 18 heavy (non-hydrogen) atoms. The van der Waals surface area contributed by atoms with E-state index in [-0.39, 0.29) is 0 Å². The zero-order valence-corrected chi connectivity index (χ0v) is 11.4. The number of hydrogen-bond donors (Lipinski definition) is 1.